The van der Waals surface area contributed by atoms with Gasteiger partial charge in [0.05, 0.1) is 56.7 Å². The fourth-order valence-electron chi connectivity index (χ4n) is 7.22. The van der Waals surface area contributed by atoms with E-state index >= 15 is 0 Å². The fraction of sp³-hybridized carbons (Fsp3) is 0. The Kier molecular flexibility index (Phi) is 6.22. The van der Waals surface area contributed by atoms with Crippen LogP contribution < -0.4 is 0 Å². The average Bonchev–Trinajstić information content (AvgIpc) is 3.67. The maximum Gasteiger partial charge on any atom is 0.0991 e. The molecule has 0 bridgehead atoms. The van der Waals surface area contributed by atoms with E-state index in [0.717, 1.165) is 55.7 Å². The lowest BCUT2D eigenvalue weighted by atomic mass is 9.94. The number of hydrogen-bond acceptors (Lipinski definition) is 2. The van der Waals surface area contributed by atoms with Crippen molar-refractivity contribution in [1.82, 2.24) is 9.13 Å². The average molecular weight is 611 g/mol. The van der Waals surface area contributed by atoms with E-state index in [0.29, 0.717) is 11.1 Å². The van der Waals surface area contributed by atoms with E-state index in [9.17, 15) is 10.5 Å². The van der Waals surface area contributed by atoms with Crippen LogP contribution in [-0.2, 0) is 0 Å². The van der Waals surface area contributed by atoms with Crippen LogP contribution in [0.2, 0.25) is 0 Å². The van der Waals surface area contributed by atoms with E-state index in [-0.39, 0.29) is 0 Å². The van der Waals surface area contributed by atoms with E-state index in [2.05, 4.69) is 130 Å². The number of fused-ring (bicyclic) bond motifs is 6. The van der Waals surface area contributed by atoms with Gasteiger partial charge in [0.15, 0.2) is 0 Å². The molecular weight excluding hydrogens is 585 g/mol. The molecule has 0 fully saturated rings. The molecule has 0 atom stereocenters. The maximum absolute atomic E-state index is 9.61. The third-order valence-electron chi connectivity index (χ3n) is 9.41. The Hall–Kier alpha value is -6.88. The van der Waals surface area contributed by atoms with Gasteiger partial charge < -0.3 is 9.13 Å². The first-order valence-electron chi connectivity index (χ1n) is 15.9. The highest BCUT2D eigenvalue weighted by Crippen LogP contribution is 2.43. The van der Waals surface area contributed by atoms with Gasteiger partial charge in [-0.1, -0.05) is 97.1 Å². The molecule has 0 aliphatic heterocycles. The lowest BCUT2D eigenvalue weighted by molar-refractivity contribution is 1.14. The Morgan fingerprint density at radius 3 is 0.979 bits per heavy atom. The van der Waals surface area contributed by atoms with Gasteiger partial charge in [-0.15, -0.1) is 0 Å². The van der Waals surface area contributed by atoms with Crippen molar-refractivity contribution in [3.63, 3.8) is 0 Å². The van der Waals surface area contributed by atoms with Crippen LogP contribution in [0.15, 0.2) is 158 Å². The summed E-state index contributed by atoms with van der Waals surface area (Å²) in [7, 11) is 0. The molecule has 0 unspecified atom stereocenters. The SMILES string of the molecule is N#Cc1ccc(-c2cc(-c3ccc(C#N)cc3)c(-n3c4ccccc4c4ccccc43)cc2-n2c3ccccc3c3ccccc32)cc1. The molecule has 2 heterocycles. The molecule has 0 N–H and O–H groups in total. The molecule has 0 saturated heterocycles. The first kappa shape index (κ1) is 27.4. The van der Waals surface area contributed by atoms with Gasteiger partial charge in [0, 0.05) is 32.7 Å². The third-order valence-corrected chi connectivity index (χ3v) is 9.41. The Bertz CT molecular complexity index is 2490. The number of hydrogen-bond donors (Lipinski definition) is 0. The van der Waals surface area contributed by atoms with Crippen LogP contribution in [0.3, 0.4) is 0 Å². The molecule has 9 aromatic rings. The number of aromatic nitrogens is 2. The van der Waals surface area contributed by atoms with Crippen LogP contribution >= 0.6 is 0 Å². The number of para-hydroxylation sites is 4. The van der Waals surface area contributed by atoms with Crippen LogP contribution in [0.1, 0.15) is 11.1 Å². The Labute approximate surface area is 277 Å². The summed E-state index contributed by atoms with van der Waals surface area (Å²) in [6.07, 6.45) is 0. The molecule has 222 valence electrons. The predicted octanol–water partition coefficient (Wildman–Crippen LogP) is 11.0. The summed E-state index contributed by atoms with van der Waals surface area (Å²) in [4.78, 5) is 0. The number of nitrogens with zero attached hydrogens (tertiary/aromatic N) is 4. The van der Waals surface area contributed by atoms with Crippen LogP contribution in [0.5, 0.6) is 0 Å². The molecule has 48 heavy (non-hydrogen) atoms. The lowest BCUT2D eigenvalue weighted by Gasteiger charge is -2.21. The molecule has 0 amide bonds. The minimum atomic E-state index is 0.617. The highest BCUT2D eigenvalue weighted by Gasteiger charge is 2.22. The van der Waals surface area contributed by atoms with Crippen molar-refractivity contribution in [3.05, 3.63) is 169 Å². The molecule has 4 heteroatoms. The summed E-state index contributed by atoms with van der Waals surface area (Å²) in [6.45, 7) is 0. The highest BCUT2D eigenvalue weighted by atomic mass is 15.0. The van der Waals surface area contributed by atoms with Crippen molar-refractivity contribution < 1.29 is 0 Å². The molecule has 0 radical (unpaired) electrons. The van der Waals surface area contributed by atoms with Crippen molar-refractivity contribution in [1.29, 1.82) is 10.5 Å². The Morgan fingerprint density at radius 1 is 0.354 bits per heavy atom. The van der Waals surface area contributed by atoms with Gasteiger partial charge in [0.25, 0.3) is 0 Å². The van der Waals surface area contributed by atoms with Crippen LogP contribution in [0.25, 0.3) is 77.2 Å². The molecular formula is C44H26N4. The molecule has 0 aliphatic rings. The summed E-state index contributed by atoms with van der Waals surface area (Å²) in [5.41, 5.74) is 11.9. The topological polar surface area (TPSA) is 57.4 Å². The quantitative estimate of drug-likeness (QED) is 0.199. The van der Waals surface area contributed by atoms with Crippen LogP contribution in [-0.4, -0.2) is 9.13 Å². The number of rotatable bonds is 4. The van der Waals surface area contributed by atoms with E-state index in [1.165, 1.54) is 21.5 Å². The summed E-state index contributed by atoms with van der Waals surface area (Å²) >= 11 is 0. The zero-order chi connectivity index (χ0) is 32.2. The normalized spacial score (nSPS) is 11.3. The zero-order valence-electron chi connectivity index (χ0n) is 25.8. The maximum atomic E-state index is 9.61. The monoisotopic (exact) mass is 610 g/mol. The Balaban J connectivity index is 1.48. The van der Waals surface area contributed by atoms with Crippen molar-refractivity contribution in [2.75, 3.05) is 0 Å². The largest absolute Gasteiger partial charge is 0.309 e. The van der Waals surface area contributed by atoms with Crippen molar-refractivity contribution >= 4 is 43.6 Å². The molecule has 9 rings (SSSR count). The van der Waals surface area contributed by atoms with Crippen LogP contribution in [0, 0.1) is 22.7 Å². The summed E-state index contributed by atoms with van der Waals surface area (Å²) in [5.74, 6) is 0. The smallest absolute Gasteiger partial charge is 0.0991 e. The fourth-order valence-corrected chi connectivity index (χ4v) is 7.22. The summed E-state index contributed by atoms with van der Waals surface area (Å²) in [5, 5.41) is 24.0. The first-order valence-corrected chi connectivity index (χ1v) is 15.9. The second-order valence-electron chi connectivity index (χ2n) is 12.0. The standard InChI is InChI=1S/C44H26N4/c45-27-29-17-21-31(22-18-29)37-25-38(32-23-19-30(28-46)20-24-32)44(48-41-15-7-3-11-35(41)36-12-4-8-16-42(36)48)26-43(37)47-39-13-5-1-9-33(39)34-10-2-6-14-40(34)47/h1-26H. The van der Waals surface area contributed by atoms with Crippen molar-refractivity contribution in [2.45, 2.75) is 0 Å². The third kappa shape index (κ3) is 4.14. The van der Waals surface area contributed by atoms with Gasteiger partial charge in [0.1, 0.15) is 0 Å². The molecule has 2 aromatic heterocycles. The lowest BCUT2D eigenvalue weighted by Crippen LogP contribution is -2.04. The number of nitriles is 2. The van der Waals surface area contributed by atoms with Gasteiger partial charge in [-0.05, 0) is 71.8 Å². The molecule has 0 saturated carbocycles. The molecule has 4 nitrogen and oxygen atoms in total. The summed E-state index contributed by atoms with van der Waals surface area (Å²) in [6, 6.07) is 59.1. The second kappa shape index (κ2) is 10.9. The Morgan fingerprint density at radius 2 is 0.667 bits per heavy atom. The van der Waals surface area contributed by atoms with Gasteiger partial charge in [-0.3, -0.25) is 0 Å². The zero-order valence-corrected chi connectivity index (χ0v) is 25.8. The highest BCUT2D eigenvalue weighted by molar-refractivity contribution is 6.11. The molecule has 7 aromatic carbocycles. The second-order valence-corrected chi connectivity index (χ2v) is 12.0. The minimum Gasteiger partial charge on any atom is -0.309 e. The van der Waals surface area contributed by atoms with Gasteiger partial charge in [0.2, 0.25) is 0 Å². The van der Waals surface area contributed by atoms with E-state index in [4.69, 9.17) is 0 Å². The minimum absolute atomic E-state index is 0.617. The number of benzene rings is 7. The summed E-state index contributed by atoms with van der Waals surface area (Å²) < 4.78 is 4.75. The predicted molar refractivity (Wildman–Crippen MR) is 195 cm³/mol. The van der Waals surface area contributed by atoms with Crippen molar-refractivity contribution in [3.8, 4) is 45.8 Å². The van der Waals surface area contributed by atoms with Crippen LogP contribution in [0.4, 0.5) is 0 Å². The molecule has 0 aliphatic carbocycles. The molecule has 0 spiro atoms. The van der Waals surface area contributed by atoms with Crippen molar-refractivity contribution in [2.24, 2.45) is 0 Å². The van der Waals surface area contributed by atoms with Gasteiger partial charge >= 0.3 is 0 Å². The van der Waals surface area contributed by atoms with E-state index in [1.54, 1.807) is 0 Å². The van der Waals surface area contributed by atoms with E-state index < -0.39 is 0 Å². The van der Waals surface area contributed by atoms with Gasteiger partial charge in [-0.25, -0.2) is 0 Å². The van der Waals surface area contributed by atoms with Gasteiger partial charge in [-0.2, -0.15) is 10.5 Å². The van der Waals surface area contributed by atoms with E-state index in [1.807, 2.05) is 48.5 Å². The first-order chi connectivity index (χ1) is 23.7.